The summed E-state index contributed by atoms with van der Waals surface area (Å²) in [6.07, 6.45) is 7.94. The Morgan fingerprint density at radius 3 is 2.96 bits per heavy atom. The highest BCUT2D eigenvalue weighted by molar-refractivity contribution is 6.71. The minimum atomic E-state index is -2.22. The molecule has 0 aliphatic carbocycles. The molecule has 2 fully saturated rings. The van der Waals surface area contributed by atoms with Gasteiger partial charge in [-0.3, -0.25) is 18.8 Å². The lowest BCUT2D eigenvalue weighted by atomic mass is 10.0. The van der Waals surface area contributed by atoms with Gasteiger partial charge < -0.3 is 4.43 Å². The zero-order valence-corrected chi connectivity index (χ0v) is 16.1. The number of aromatic nitrogens is 2. The number of hydroxylamine groups is 2. The van der Waals surface area contributed by atoms with Gasteiger partial charge in [-0.05, 0) is 32.4 Å². The summed E-state index contributed by atoms with van der Waals surface area (Å²) >= 11 is 0. The van der Waals surface area contributed by atoms with Crippen LogP contribution in [0.4, 0.5) is 4.79 Å². The second kappa shape index (κ2) is 7.26. The summed E-state index contributed by atoms with van der Waals surface area (Å²) in [6, 6.07) is -0.522. The molecule has 0 N–H and O–H groups in total. The number of carbonyl (C=O) groups is 2. The van der Waals surface area contributed by atoms with Gasteiger partial charge in [0.2, 0.25) is 0 Å². The zero-order chi connectivity index (χ0) is 18.0. The molecule has 0 saturated carbocycles. The third-order valence-electron chi connectivity index (χ3n) is 4.84. The number of fused-ring (bicyclic) bond motifs is 1. The molecule has 0 unspecified atom stereocenters. The van der Waals surface area contributed by atoms with Gasteiger partial charge >= 0.3 is 20.5 Å². The van der Waals surface area contributed by atoms with Crippen molar-refractivity contribution < 1.29 is 18.9 Å². The van der Waals surface area contributed by atoms with Crippen LogP contribution in [0.25, 0.3) is 0 Å². The minimum Gasteiger partial charge on any atom is -0.504 e. The summed E-state index contributed by atoms with van der Waals surface area (Å²) < 4.78 is 9.21. The van der Waals surface area contributed by atoms with Crippen LogP contribution in [0.1, 0.15) is 32.6 Å². The largest absolute Gasteiger partial charge is 0.504 e. The van der Waals surface area contributed by atoms with E-state index in [1.807, 2.05) is 13.1 Å². The third kappa shape index (κ3) is 3.63. The molecule has 1 aromatic rings. The highest BCUT2D eigenvalue weighted by Crippen LogP contribution is 2.33. The average molecular weight is 366 g/mol. The van der Waals surface area contributed by atoms with E-state index in [1.165, 1.54) is 16.0 Å². The van der Waals surface area contributed by atoms with Crippen LogP contribution in [-0.4, -0.2) is 64.9 Å². The maximum atomic E-state index is 12.8. The number of nitrogens with zero attached hydrogens (tertiary/aromatic N) is 4. The first kappa shape index (κ1) is 18.1. The number of rotatable bonds is 5. The smallest absolute Gasteiger partial charge is 0.353 e. The van der Waals surface area contributed by atoms with Crippen molar-refractivity contribution in [3.05, 3.63) is 18.7 Å². The van der Waals surface area contributed by atoms with E-state index >= 15 is 0 Å². The second-order valence-electron chi connectivity index (χ2n) is 7.03. The first-order chi connectivity index (χ1) is 11.9. The lowest BCUT2D eigenvalue weighted by Crippen LogP contribution is -2.59. The van der Waals surface area contributed by atoms with E-state index in [2.05, 4.69) is 16.5 Å². The van der Waals surface area contributed by atoms with Crippen LogP contribution in [-0.2, 0) is 14.1 Å². The van der Waals surface area contributed by atoms with Crippen LogP contribution in [0.3, 0.4) is 0 Å². The fraction of sp³-hybridized carbons (Fsp3) is 0.688. The fourth-order valence-electron chi connectivity index (χ4n) is 3.47. The number of imidazole rings is 1. The van der Waals surface area contributed by atoms with E-state index in [1.54, 1.807) is 12.4 Å². The van der Waals surface area contributed by atoms with Crippen LogP contribution >= 0.6 is 0 Å². The van der Waals surface area contributed by atoms with Crippen LogP contribution in [0.5, 0.6) is 0 Å². The molecule has 2 atom stereocenters. The summed E-state index contributed by atoms with van der Waals surface area (Å²) in [7, 11) is -2.22. The van der Waals surface area contributed by atoms with E-state index in [-0.39, 0.29) is 24.1 Å². The van der Waals surface area contributed by atoms with E-state index in [0.717, 1.165) is 12.8 Å². The maximum absolute atomic E-state index is 12.8. The lowest BCUT2D eigenvalue weighted by molar-refractivity contribution is -0.156. The van der Waals surface area contributed by atoms with Gasteiger partial charge in [-0.2, -0.15) is 5.06 Å². The highest BCUT2D eigenvalue weighted by Gasteiger charge is 2.53. The summed E-state index contributed by atoms with van der Waals surface area (Å²) in [6.45, 7) is 7.22. The Morgan fingerprint density at radius 1 is 1.48 bits per heavy atom. The van der Waals surface area contributed by atoms with Crippen molar-refractivity contribution in [2.45, 2.75) is 57.8 Å². The number of carbonyl (C=O) groups excluding carboxylic acids is 2. The molecule has 3 rings (SSSR count). The Kier molecular flexibility index (Phi) is 5.26. The van der Waals surface area contributed by atoms with Gasteiger partial charge in [0, 0.05) is 18.9 Å². The second-order valence-corrected chi connectivity index (χ2v) is 10.7. The molecule has 25 heavy (non-hydrogen) atoms. The molecule has 0 radical (unpaired) electrons. The van der Waals surface area contributed by atoms with Crippen molar-refractivity contribution in [3.8, 4) is 0 Å². The van der Waals surface area contributed by atoms with Gasteiger partial charge in [-0.1, -0.05) is 13.3 Å². The number of hydrogen-bond donors (Lipinski definition) is 0. The molecular weight excluding hydrogens is 340 g/mol. The molecule has 2 aliphatic heterocycles. The Labute approximate surface area is 148 Å². The standard InChI is InChI=1S/C16H26N4O4Si/c1-4-5-10-23-20(16(22)18-9-8-17-12-18)13-6-7-14-15(21)24-25(2,3)19(14)11-13/h8-9,12-14H,4-7,10-11H2,1-3H3/t13-,14+/m1/s1. The molecule has 3 heterocycles. The number of amides is 1. The minimum absolute atomic E-state index is 0.107. The van der Waals surface area contributed by atoms with Crippen molar-refractivity contribution >= 4 is 20.5 Å². The summed E-state index contributed by atoms with van der Waals surface area (Å²) in [5.41, 5.74) is 0. The van der Waals surface area contributed by atoms with Crippen LogP contribution < -0.4 is 0 Å². The predicted molar refractivity (Wildman–Crippen MR) is 92.8 cm³/mol. The Balaban J connectivity index is 1.76. The summed E-state index contributed by atoms with van der Waals surface area (Å²) in [5, 5.41) is 1.47. The highest BCUT2D eigenvalue weighted by atomic mass is 28.4. The van der Waals surface area contributed by atoms with E-state index in [0.29, 0.717) is 26.0 Å². The Morgan fingerprint density at radius 2 is 2.28 bits per heavy atom. The Hall–Kier alpha value is -1.71. The zero-order valence-electron chi connectivity index (χ0n) is 15.1. The SMILES string of the molecule is CCCCON(C(=O)n1ccnc1)[C@@H]1CC[C@H]2C(=O)O[Si](C)(C)N2C1. The van der Waals surface area contributed by atoms with Gasteiger partial charge in [-0.15, -0.1) is 0 Å². The lowest BCUT2D eigenvalue weighted by Gasteiger charge is -2.41. The molecule has 2 aliphatic rings. The monoisotopic (exact) mass is 366 g/mol. The van der Waals surface area contributed by atoms with Crippen molar-refractivity contribution in [3.63, 3.8) is 0 Å². The van der Waals surface area contributed by atoms with Crippen LogP contribution in [0.2, 0.25) is 13.1 Å². The van der Waals surface area contributed by atoms with Crippen LogP contribution in [0, 0.1) is 0 Å². The van der Waals surface area contributed by atoms with Gasteiger partial charge in [-0.25, -0.2) is 9.78 Å². The van der Waals surface area contributed by atoms with Crippen LogP contribution in [0.15, 0.2) is 18.7 Å². The number of hydrogen-bond acceptors (Lipinski definition) is 6. The predicted octanol–water partition coefficient (Wildman–Crippen LogP) is 1.98. The average Bonchev–Trinajstić information content (AvgIpc) is 3.18. The van der Waals surface area contributed by atoms with Crippen molar-refractivity contribution in [1.29, 1.82) is 0 Å². The quantitative estimate of drug-likeness (QED) is 0.450. The molecule has 0 spiro atoms. The fourth-order valence-corrected chi connectivity index (χ4v) is 5.85. The molecule has 0 aromatic carbocycles. The van der Waals surface area contributed by atoms with Gasteiger partial charge in [0.05, 0.1) is 12.6 Å². The van der Waals surface area contributed by atoms with E-state index in [4.69, 9.17) is 9.26 Å². The maximum Gasteiger partial charge on any atom is 0.353 e. The molecular formula is C16H26N4O4Si. The first-order valence-corrected chi connectivity index (χ1v) is 11.7. The Bertz CT molecular complexity index is 622. The molecule has 9 heteroatoms. The molecule has 2 saturated heterocycles. The normalized spacial score (nSPS) is 25.5. The summed E-state index contributed by atoms with van der Waals surface area (Å²) in [5.74, 6) is -0.116. The molecule has 0 bridgehead atoms. The van der Waals surface area contributed by atoms with E-state index in [9.17, 15) is 9.59 Å². The van der Waals surface area contributed by atoms with Crippen molar-refractivity contribution in [1.82, 2.24) is 19.2 Å². The van der Waals surface area contributed by atoms with E-state index < -0.39 is 8.48 Å². The third-order valence-corrected chi connectivity index (χ3v) is 7.42. The van der Waals surface area contributed by atoms with Gasteiger partial charge in [0.1, 0.15) is 12.4 Å². The summed E-state index contributed by atoms with van der Waals surface area (Å²) in [4.78, 5) is 34.7. The molecule has 138 valence electrons. The number of unbranched alkanes of at least 4 members (excludes halogenated alkanes) is 1. The van der Waals surface area contributed by atoms with Gasteiger partial charge in [0.15, 0.2) is 0 Å². The topological polar surface area (TPSA) is 76.9 Å². The van der Waals surface area contributed by atoms with Crippen molar-refractivity contribution in [2.24, 2.45) is 0 Å². The molecule has 8 nitrogen and oxygen atoms in total. The number of piperidine rings is 1. The van der Waals surface area contributed by atoms with Crippen molar-refractivity contribution in [2.75, 3.05) is 13.2 Å². The first-order valence-electron chi connectivity index (χ1n) is 8.88. The molecule has 1 aromatic heterocycles. The van der Waals surface area contributed by atoms with Gasteiger partial charge in [0.25, 0.3) is 0 Å². The molecule has 1 amide bonds.